The minimum absolute atomic E-state index is 0.190. The van der Waals surface area contributed by atoms with Gasteiger partial charge in [-0.1, -0.05) is 19.9 Å². The number of benzene rings is 1. The summed E-state index contributed by atoms with van der Waals surface area (Å²) in [4.78, 5) is 0.874. The molecule has 2 nitrogen and oxygen atoms in total. The maximum Gasteiger partial charge on any atom is 0.0561 e. The highest BCUT2D eigenvalue weighted by Crippen LogP contribution is 2.21. The molecule has 0 aliphatic heterocycles. The van der Waals surface area contributed by atoms with Crippen LogP contribution in [0.3, 0.4) is 0 Å². The summed E-state index contributed by atoms with van der Waals surface area (Å²) in [7, 11) is -0.930. The van der Waals surface area contributed by atoms with Crippen molar-refractivity contribution < 1.29 is 4.21 Å². The molecule has 1 aromatic rings. The van der Waals surface area contributed by atoms with Gasteiger partial charge in [0.2, 0.25) is 0 Å². The SMILES string of the molecule is CCC(C)S(=O)c1cccc(N)c1C. The maximum absolute atomic E-state index is 12.0. The molecule has 0 fully saturated rings. The monoisotopic (exact) mass is 211 g/mol. The molecule has 0 amide bonds. The zero-order chi connectivity index (χ0) is 10.7. The molecule has 0 spiro atoms. The summed E-state index contributed by atoms with van der Waals surface area (Å²) in [5.41, 5.74) is 7.44. The smallest absolute Gasteiger partial charge is 0.0561 e. The summed E-state index contributed by atoms with van der Waals surface area (Å²) in [6.07, 6.45) is 0.918. The van der Waals surface area contributed by atoms with E-state index in [2.05, 4.69) is 0 Å². The zero-order valence-corrected chi connectivity index (χ0v) is 9.73. The van der Waals surface area contributed by atoms with Crippen molar-refractivity contribution in [2.24, 2.45) is 0 Å². The van der Waals surface area contributed by atoms with E-state index in [9.17, 15) is 4.21 Å². The molecule has 0 bridgehead atoms. The number of hydrogen-bond acceptors (Lipinski definition) is 2. The van der Waals surface area contributed by atoms with Crippen LogP contribution < -0.4 is 5.73 Å². The number of rotatable bonds is 3. The van der Waals surface area contributed by atoms with Crippen LogP contribution in [0, 0.1) is 6.92 Å². The summed E-state index contributed by atoms with van der Waals surface area (Å²) in [5.74, 6) is 0. The van der Waals surface area contributed by atoms with Crippen molar-refractivity contribution in [3.63, 3.8) is 0 Å². The first-order valence-electron chi connectivity index (χ1n) is 4.83. The van der Waals surface area contributed by atoms with Crippen LogP contribution in [0.4, 0.5) is 5.69 Å². The highest BCUT2D eigenvalue weighted by atomic mass is 32.2. The van der Waals surface area contributed by atoms with Crippen molar-refractivity contribution >= 4 is 16.5 Å². The second-order valence-electron chi connectivity index (χ2n) is 3.49. The van der Waals surface area contributed by atoms with Gasteiger partial charge in [-0.2, -0.15) is 0 Å². The van der Waals surface area contributed by atoms with Crippen LogP contribution >= 0.6 is 0 Å². The average molecular weight is 211 g/mol. The molecule has 0 aliphatic carbocycles. The van der Waals surface area contributed by atoms with Gasteiger partial charge in [0.25, 0.3) is 0 Å². The van der Waals surface area contributed by atoms with Gasteiger partial charge in [0, 0.05) is 15.8 Å². The fraction of sp³-hybridized carbons (Fsp3) is 0.455. The van der Waals surface area contributed by atoms with Crippen LogP contribution in [-0.2, 0) is 10.8 Å². The largest absolute Gasteiger partial charge is 0.398 e. The van der Waals surface area contributed by atoms with Crippen molar-refractivity contribution in [2.75, 3.05) is 5.73 Å². The predicted octanol–water partition coefficient (Wildman–Crippen LogP) is 2.48. The third kappa shape index (κ3) is 2.15. The summed E-state index contributed by atoms with van der Waals surface area (Å²) in [6.45, 7) is 5.97. The van der Waals surface area contributed by atoms with Gasteiger partial charge in [-0.15, -0.1) is 0 Å². The molecule has 0 saturated carbocycles. The highest BCUT2D eigenvalue weighted by molar-refractivity contribution is 7.85. The lowest BCUT2D eigenvalue weighted by atomic mass is 10.2. The molecule has 1 rings (SSSR count). The Kier molecular flexibility index (Phi) is 3.69. The van der Waals surface area contributed by atoms with Crippen LogP contribution in [-0.4, -0.2) is 9.46 Å². The van der Waals surface area contributed by atoms with E-state index < -0.39 is 10.8 Å². The number of anilines is 1. The third-order valence-electron chi connectivity index (χ3n) is 2.48. The first kappa shape index (κ1) is 11.2. The maximum atomic E-state index is 12.0. The summed E-state index contributed by atoms with van der Waals surface area (Å²) >= 11 is 0. The average Bonchev–Trinajstić information content (AvgIpc) is 2.20. The fourth-order valence-electron chi connectivity index (χ4n) is 1.22. The van der Waals surface area contributed by atoms with Crippen LogP contribution in [0.15, 0.2) is 23.1 Å². The molecule has 2 N–H and O–H groups in total. The van der Waals surface area contributed by atoms with Gasteiger partial charge in [-0.25, -0.2) is 0 Å². The van der Waals surface area contributed by atoms with Crippen molar-refractivity contribution in [1.29, 1.82) is 0 Å². The summed E-state index contributed by atoms with van der Waals surface area (Å²) in [5, 5.41) is 0.190. The van der Waals surface area contributed by atoms with E-state index in [0.717, 1.165) is 22.6 Å². The van der Waals surface area contributed by atoms with Gasteiger partial charge in [0.1, 0.15) is 0 Å². The lowest BCUT2D eigenvalue weighted by molar-refractivity contribution is 0.670. The highest BCUT2D eigenvalue weighted by Gasteiger charge is 2.14. The quantitative estimate of drug-likeness (QED) is 0.780. The van der Waals surface area contributed by atoms with Crippen molar-refractivity contribution in [3.05, 3.63) is 23.8 Å². The molecule has 0 radical (unpaired) electrons. The van der Waals surface area contributed by atoms with E-state index in [1.165, 1.54) is 0 Å². The van der Waals surface area contributed by atoms with Crippen LogP contribution in [0.5, 0.6) is 0 Å². The van der Waals surface area contributed by atoms with E-state index in [1.54, 1.807) is 0 Å². The van der Waals surface area contributed by atoms with E-state index in [4.69, 9.17) is 5.73 Å². The van der Waals surface area contributed by atoms with Gasteiger partial charge < -0.3 is 5.73 Å². The molecule has 78 valence electrons. The number of hydrogen-bond donors (Lipinski definition) is 1. The Balaban J connectivity index is 3.07. The van der Waals surface area contributed by atoms with E-state index in [1.807, 2.05) is 39.0 Å². The molecule has 14 heavy (non-hydrogen) atoms. The first-order valence-corrected chi connectivity index (χ1v) is 6.04. The second-order valence-corrected chi connectivity index (χ2v) is 5.33. The molecule has 3 heteroatoms. The van der Waals surface area contributed by atoms with Gasteiger partial charge >= 0.3 is 0 Å². The van der Waals surface area contributed by atoms with Crippen LogP contribution in [0.1, 0.15) is 25.8 Å². The molecule has 0 aromatic heterocycles. The Morgan fingerprint density at radius 3 is 2.71 bits per heavy atom. The summed E-state index contributed by atoms with van der Waals surface area (Å²) < 4.78 is 12.0. The molecule has 0 aliphatic rings. The first-order chi connectivity index (χ1) is 6.57. The molecule has 2 atom stereocenters. The summed E-state index contributed by atoms with van der Waals surface area (Å²) in [6, 6.07) is 5.60. The molecule has 0 heterocycles. The lowest BCUT2D eigenvalue weighted by Crippen LogP contribution is -2.11. The standard InChI is InChI=1S/C11H17NOS/c1-4-8(2)14(13)11-7-5-6-10(12)9(11)3/h5-8H,4,12H2,1-3H3. The Hall–Kier alpha value is -0.830. The Bertz CT molecular complexity index is 349. The van der Waals surface area contributed by atoms with Crippen molar-refractivity contribution in [3.8, 4) is 0 Å². The Labute approximate surface area is 88.0 Å². The van der Waals surface area contributed by atoms with E-state index in [0.29, 0.717) is 0 Å². The molecule has 0 saturated heterocycles. The minimum atomic E-state index is -0.930. The predicted molar refractivity (Wildman–Crippen MR) is 61.8 cm³/mol. The lowest BCUT2D eigenvalue weighted by Gasteiger charge is -2.12. The number of nitrogens with two attached hydrogens (primary N) is 1. The topological polar surface area (TPSA) is 43.1 Å². The number of nitrogen functional groups attached to an aromatic ring is 1. The van der Waals surface area contributed by atoms with Gasteiger partial charge in [0.15, 0.2) is 0 Å². The Morgan fingerprint density at radius 2 is 2.14 bits per heavy atom. The van der Waals surface area contributed by atoms with Crippen LogP contribution in [0.25, 0.3) is 0 Å². The minimum Gasteiger partial charge on any atom is -0.398 e. The molecular weight excluding hydrogens is 194 g/mol. The van der Waals surface area contributed by atoms with Gasteiger partial charge in [0.05, 0.1) is 10.8 Å². The van der Waals surface area contributed by atoms with E-state index >= 15 is 0 Å². The zero-order valence-electron chi connectivity index (χ0n) is 8.91. The van der Waals surface area contributed by atoms with Gasteiger partial charge in [-0.05, 0) is 31.0 Å². The van der Waals surface area contributed by atoms with Crippen molar-refractivity contribution in [1.82, 2.24) is 0 Å². The molecule has 2 unspecified atom stereocenters. The normalized spacial score (nSPS) is 15.1. The second kappa shape index (κ2) is 4.60. The fourth-order valence-corrected chi connectivity index (χ4v) is 2.59. The third-order valence-corrected chi connectivity index (χ3v) is 4.42. The van der Waals surface area contributed by atoms with E-state index in [-0.39, 0.29) is 5.25 Å². The van der Waals surface area contributed by atoms with Crippen molar-refractivity contribution in [2.45, 2.75) is 37.3 Å². The van der Waals surface area contributed by atoms with Crippen LogP contribution in [0.2, 0.25) is 0 Å². The van der Waals surface area contributed by atoms with Gasteiger partial charge in [-0.3, -0.25) is 4.21 Å². The molecule has 1 aromatic carbocycles. The Morgan fingerprint density at radius 1 is 1.50 bits per heavy atom. The molecular formula is C11H17NOS.